The van der Waals surface area contributed by atoms with Gasteiger partial charge in [0.2, 0.25) is 5.91 Å². The molecule has 0 aliphatic carbocycles. The zero-order valence-electron chi connectivity index (χ0n) is 13.7. The molecule has 3 aromatic heterocycles. The Balaban J connectivity index is 1.50. The van der Waals surface area contributed by atoms with Gasteiger partial charge in [0.25, 0.3) is 0 Å². The van der Waals surface area contributed by atoms with Gasteiger partial charge in [-0.05, 0) is 31.9 Å². The monoisotopic (exact) mass is 358 g/mol. The van der Waals surface area contributed by atoms with Gasteiger partial charge in [-0.2, -0.15) is 0 Å². The van der Waals surface area contributed by atoms with Gasteiger partial charge >= 0.3 is 0 Å². The Hall–Kier alpha value is -1.99. The molecule has 0 spiro atoms. The van der Waals surface area contributed by atoms with Gasteiger partial charge in [0.1, 0.15) is 12.4 Å². The predicted molar refractivity (Wildman–Crippen MR) is 96.2 cm³/mol. The number of thiazole rings is 1. The molecule has 0 fully saturated rings. The number of rotatable bonds is 3. The van der Waals surface area contributed by atoms with Gasteiger partial charge in [0.15, 0.2) is 0 Å². The normalized spacial score (nSPS) is 14.0. The van der Waals surface area contributed by atoms with Crippen molar-refractivity contribution in [1.82, 2.24) is 19.4 Å². The lowest BCUT2D eigenvalue weighted by Crippen LogP contribution is -2.37. The summed E-state index contributed by atoms with van der Waals surface area (Å²) in [6, 6.07) is 2.20. The average Bonchev–Trinajstić information content (AvgIpc) is 3.27. The van der Waals surface area contributed by atoms with Gasteiger partial charge in [-0.15, -0.1) is 22.7 Å². The van der Waals surface area contributed by atoms with E-state index in [-0.39, 0.29) is 5.91 Å². The summed E-state index contributed by atoms with van der Waals surface area (Å²) in [5, 5.41) is 3.20. The summed E-state index contributed by atoms with van der Waals surface area (Å²) in [7, 11) is 0. The van der Waals surface area contributed by atoms with Crippen LogP contribution in [0.4, 0.5) is 0 Å². The number of nitrogens with zero attached hydrogens (tertiary/aromatic N) is 4. The molecular formula is C17H18N4OS2. The van der Waals surface area contributed by atoms with Gasteiger partial charge in [-0.3, -0.25) is 4.79 Å². The van der Waals surface area contributed by atoms with Crippen LogP contribution in [0, 0.1) is 13.8 Å². The fraction of sp³-hybridized carbons (Fsp3) is 0.353. The van der Waals surface area contributed by atoms with Crippen LogP contribution in [0.3, 0.4) is 0 Å². The van der Waals surface area contributed by atoms with Crippen molar-refractivity contribution in [2.75, 3.05) is 6.54 Å². The molecule has 3 aromatic rings. The Labute approximate surface area is 148 Å². The number of aromatic nitrogens is 3. The van der Waals surface area contributed by atoms with E-state index in [0.717, 1.165) is 29.5 Å². The van der Waals surface area contributed by atoms with Crippen LogP contribution < -0.4 is 0 Å². The maximum Gasteiger partial charge on any atom is 0.242 e. The summed E-state index contributed by atoms with van der Waals surface area (Å²) < 4.78 is 1.90. The molecule has 0 bridgehead atoms. The standard InChI is InChI=1S/C17H18N4OS2/c1-11-18-4-6-20(11)9-17(22)21-5-3-15-13(8-21)7-16(24-15)14-10-23-12(2)19-14/h4,6-7,10H,3,5,8-9H2,1-2H3. The van der Waals surface area contributed by atoms with E-state index in [4.69, 9.17) is 0 Å². The lowest BCUT2D eigenvalue weighted by atomic mass is 10.1. The minimum atomic E-state index is 0.152. The molecule has 4 rings (SSSR count). The molecule has 1 amide bonds. The molecule has 124 valence electrons. The molecule has 7 heteroatoms. The van der Waals surface area contributed by atoms with E-state index in [1.165, 1.54) is 15.3 Å². The number of amides is 1. The number of imidazole rings is 1. The lowest BCUT2D eigenvalue weighted by molar-refractivity contribution is -0.132. The van der Waals surface area contributed by atoms with Crippen molar-refractivity contribution in [2.24, 2.45) is 0 Å². The van der Waals surface area contributed by atoms with E-state index in [2.05, 4.69) is 21.4 Å². The van der Waals surface area contributed by atoms with Crippen molar-refractivity contribution in [3.8, 4) is 10.6 Å². The van der Waals surface area contributed by atoms with Crippen LogP contribution in [0.15, 0.2) is 23.8 Å². The van der Waals surface area contributed by atoms with Crippen molar-refractivity contribution in [3.63, 3.8) is 0 Å². The predicted octanol–water partition coefficient (Wildman–Crippen LogP) is 3.27. The molecule has 0 saturated carbocycles. The highest BCUT2D eigenvalue weighted by Gasteiger charge is 2.24. The highest BCUT2D eigenvalue weighted by molar-refractivity contribution is 7.16. The molecule has 0 saturated heterocycles. The zero-order valence-corrected chi connectivity index (χ0v) is 15.3. The van der Waals surface area contributed by atoms with Crippen molar-refractivity contribution in [1.29, 1.82) is 0 Å². The molecule has 1 aliphatic heterocycles. The van der Waals surface area contributed by atoms with Crippen LogP contribution in [-0.2, 0) is 24.3 Å². The number of carbonyl (C=O) groups is 1. The zero-order chi connectivity index (χ0) is 16.7. The summed E-state index contributed by atoms with van der Waals surface area (Å²) in [6.07, 6.45) is 4.52. The van der Waals surface area contributed by atoms with Crippen molar-refractivity contribution >= 4 is 28.6 Å². The smallest absolute Gasteiger partial charge is 0.242 e. The third kappa shape index (κ3) is 2.89. The maximum absolute atomic E-state index is 12.6. The van der Waals surface area contributed by atoms with Crippen molar-refractivity contribution < 1.29 is 4.79 Å². The fourth-order valence-electron chi connectivity index (χ4n) is 2.97. The van der Waals surface area contributed by atoms with Crippen LogP contribution in [-0.4, -0.2) is 31.9 Å². The SMILES string of the molecule is Cc1nc(-c2cc3c(s2)CCN(C(=O)Cn2ccnc2C)C3)cs1. The number of fused-ring (bicyclic) bond motifs is 1. The second kappa shape index (κ2) is 6.14. The van der Waals surface area contributed by atoms with E-state index >= 15 is 0 Å². The van der Waals surface area contributed by atoms with Gasteiger partial charge in [-0.1, -0.05) is 0 Å². The minimum absolute atomic E-state index is 0.152. The topological polar surface area (TPSA) is 51.0 Å². The molecule has 0 unspecified atom stereocenters. The lowest BCUT2D eigenvalue weighted by Gasteiger charge is -2.27. The van der Waals surface area contributed by atoms with E-state index in [0.29, 0.717) is 13.1 Å². The first kappa shape index (κ1) is 15.5. The van der Waals surface area contributed by atoms with E-state index < -0.39 is 0 Å². The van der Waals surface area contributed by atoms with Gasteiger partial charge < -0.3 is 9.47 Å². The third-order valence-electron chi connectivity index (χ3n) is 4.32. The molecule has 1 aliphatic rings. The van der Waals surface area contributed by atoms with Gasteiger partial charge in [0.05, 0.1) is 15.6 Å². The van der Waals surface area contributed by atoms with E-state index in [1.807, 2.05) is 40.8 Å². The Morgan fingerprint density at radius 1 is 1.38 bits per heavy atom. The summed E-state index contributed by atoms with van der Waals surface area (Å²) in [5.74, 6) is 1.02. The molecule has 0 aromatic carbocycles. The van der Waals surface area contributed by atoms with Crippen LogP contribution in [0.25, 0.3) is 10.6 Å². The largest absolute Gasteiger partial charge is 0.336 e. The fourth-order valence-corrected chi connectivity index (χ4v) is 4.78. The number of thiophene rings is 1. The van der Waals surface area contributed by atoms with Gasteiger partial charge in [0, 0.05) is 35.7 Å². The number of carbonyl (C=O) groups excluding carboxylic acids is 1. The van der Waals surface area contributed by atoms with E-state index in [1.54, 1.807) is 17.5 Å². The molecule has 0 radical (unpaired) electrons. The number of hydrogen-bond acceptors (Lipinski definition) is 5. The minimum Gasteiger partial charge on any atom is -0.336 e. The highest BCUT2D eigenvalue weighted by Crippen LogP contribution is 2.35. The molecule has 0 N–H and O–H groups in total. The maximum atomic E-state index is 12.6. The quantitative estimate of drug-likeness (QED) is 0.722. The van der Waals surface area contributed by atoms with E-state index in [9.17, 15) is 4.79 Å². The van der Waals surface area contributed by atoms with Crippen LogP contribution >= 0.6 is 22.7 Å². The van der Waals surface area contributed by atoms with Crippen LogP contribution in [0.5, 0.6) is 0 Å². The average molecular weight is 358 g/mol. The number of hydrogen-bond donors (Lipinski definition) is 0. The van der Waals surface area contributed by atoms with Crippen molar-refractivity contribution in [2.45, 2.75) is 33.4 Å². The second-order valence-corrected chi connectivity index (χ2v) is 8.18. The van der Waals surface area contributed by atoms with Gasteiger partial charge in [-0.25, -0.2) is 9.97 Å². The van der Waals surface area contributed by atoms with Crippen LogP contribution in [0.2, 0.25) is 0 Å². The second-order valence-electron chi connectivity index (χ2n) is 5.98. The molecule has 0 atom stereocenters. The Kier molecular flexibility index (Phi) is 3.97. The highest BCUT2D eigenvalue weighted by atomic mass is 32.1. The summed E-state index contributed by atoms with van der Waals surface area (Å²) in [5.41, 5.74) is 2.33. The third-order valence-corrected chi connectivity index (χ3v) is 6.35. The Morgan fingerprint density at radius 2 is 2.25 bits per heavy atom. The van der Waals surface area contributed by atoms with Crippen molar-refractivity contribution in [3.05, 3.63) is 45.1 Å². The summed E-state index contributed by atoms with van der Waals surface area (Å²) >= 11 is 3.49. The first-order valence-electron chi connectivity index (χ1n) is 7.90. The molecule has 24 heavy (non-hydrogen) atoms. The molecular weight excluding hydrogens is 340 g/mol. The number of aryl methyl sites for hydroxylation is 2. The summed E-state index contributed by atoms with van der Waals surface area (Å²) in [4.78, 5) is 25.9. The molecule has 5 nitrogen and oxygen atoms in total. The molecule has 4 heterocycles. The first-order valence-corrected chi connectivity index (χ1v) is 9.59. The summed E-state index contributed by atoms with van der Waals surface area (Å²) in [6.45, 7) is 5.79. The Morgan fingerprint density at radius 3 is 2.96 bits per heavy atom. The Bertz CT molecular complexity index is 892. The first-order chi connectivity index (χ1) is 11.6. The van der Waals surface area contributed by atoms with Crippen LogP contribution in [0.1, 0.15) is 21.3 Å².